The van der Waals surface area contributed by atoms with Crippen molar-refractivity contribution in [3.05, 3.63) is 29.8 Å². The molecule has 0 radical (unpaired) electrons. The van der Waals surface area contributed by atoms with Crippen LogP contribution in [0.2, 0.25) is 0 Å². The lowest BCUT2D eigenvalue weighted by Crippen LogP contribution is -2.04. The number of hydrogen-bond acceptors (Lipinski definition) is 2. The van der Waals surface area contributed by atoms with Gasteiger partial charge in [0.2, 0.25) is 0 Å². The molecule has 0 aliphatic rings. The third-order valence-corrected chi connectivity index (χ3v) is 2.72. The number of benzene rings is 1. The zero-order chi connectivity index (χ0) is 11.5. The van der Waals surface area contributed by atoms with Crippen LogP contribution < -0.4 is 0 Å². The Bertz CT molecular complexity index is 332. The Morgan fingerprint density at radius 2 is 1.80 bits per heavy atom. The molecule has 15 heavy (non-hydrogen) atoms. The standard InChI is InChI=1S/C10H9F3OS/c1-7(6-14)15-9-4-2-8(3-5-9)10(11,12)13/h2-7H,1H3. The van der Waals surface area contributed by atoms with Gasteiger partial charge in [-0.3, -0.25) is 0 Å². The minimum atomic E-state index is -4.31. The number of carbonyl (C=O) groups is 1. The summed E-state index contributed by atoms with van der Waals surface area (Å²) in [6, 6.07) is 4.76. The van der Waals surface area contributed by atoms with Crippen molar-refractivity contribution >= 4 is 18.0 Å². The molecule has 0 spiro atoms. The van der Waals surface area contributed by atoms with Crippen LogP contribution >= 0.6 is 11.8 Å². The summed E-state index contributed by atoms with van der Waals surface area (Å²) in [5.41, 5.74) is -0.675. The third kappa shape index (κ3) is 3.58. The first kappa shape index (κ1) is 12.1. The molecule has 0 bridgehead atoms. The maximum atomic E-state index is 12.2. The van der Waals surface area contributed by atoms with Crippen LogP contribution in [0.4, 0.5) is 13.2 Å². The molecule has 82 valence electrons. The van der Waals surface area contributed by atoms with E-state index < -0.39 is 11.7 Å². The minimum absolute atomic E-state index is 0.248. The topological polar surface area (TPSA) is 17.1 Å². The van der Waals surface area contributed by atoms with Crippen LogP contribution in [0.3, 0.4) is 0 Å². The van der Waals surface area contributed by atoms with E-state index in [1.165, 1.54) is 23.9 Å². The molecule has 0 aromatic heterocycles. The molecular weight excluding hydrogens is 225 g/mol. The van der Waals surface area contributed by atoms with E-state index in [4.69, 9.17) is 0 Å². The average molecular weight is 234 g/mol. The maximum absolute atomic E-state index is 12.2. The van der Waals surface area contributed by atoms with Gasteiger partial charge < -0.3 is 4.79 Å². The lowest BCUT2D eigenvalue weighted by molar-refractivity contribution is -0.137. The van der Waals surface area contributed by atoms with E-state index in [0.29, 0.717) is 4.90 Å². The summed E-state index contributed by atoms with van der Waals surface area (Å²) >= 11 is 1.23. The fourth-order valence-electron chi connectivity index (χ4n) is 0.965. The summed E-state index contributed by atoms with van der Waals surface area (Å²) in [5.74, 6) is 0. The highest BCUT2D eigenvalue weighted by atomic mass is 32.2. The van der Waals surface area contributed by atoms with E-state index >= 15 is 0 Å². The Morgan fingerprint density at radius 3 is 2.20 bits per heavy atom. The van der Waals surface area contributed by atoms with Crippen molar-refractivity contribution in [2.24, 2.45) is 0 Å². The fourth-order valence-corrected chi connectivity index (χ4v) is 1.74. The Labute approximate surface area is 89.7 Å². The Kier molecular flexibility index (Phi) is 3.79. The van der Waals surface area contributed by atoms with E-state index in [2.05, 4.69) is 0 Å². The molecule has 0 N–H and O–H groups in total. The van der Waals surface area contributed by atoms with Crippen LogP contribution in [-0.4, -0.2) is 11.5 Å². The molecule has 5 heteroatoms. The molecule has 0 aliphatic heterocycles. The van der Waals surface area contributed by atoms with Crippen LogP contribution in [0.1, 0.15) is 12.5 Å². The predicted octanol–water partition coefficient (Wildman–Crippen LogP) is 3.38. The first-order valence-corrected chi connectivity index (χ1v) is 5.10. The Morgan fingerprint density at radius 1 is 1.27 bits per heavy atom. The lowest BCUT2D eigenvalue weighted by Gasteiger charge is -2.08. The third-order valence-electron chi connectivity index (χ3n) is 1.70. The number of halogens is 3. The van der Waals surface area contributed by atoms with Crippen LogP contribution in [-0.2, 0) is 11.0 Å². The second-order valence-electron chi connectivity index (χ2n) is 2.98. The lowest BCUT2D eigenvalue weighted by atomic mass is 10.2. The average Bonchev–Trinajstić information content (AvgIpc) is 2.17. The van der Waals surface area contributed by atoms with Crippen LogP contribution in [0.25, 0.3) is 0 Å². The normalized spacial score (nSPS) is 13.6. The molecule has 0 saturated heterocycles. The highest BCUT2D eigenvalue weighted by molar-refractivity contribution is 8.00. The SMILES string of the molecule is CC(C=O)Sc1ccc(C(F)(F)F)cc1. The van der Waals surface area contributed by atoms with Gasteiger partial charge in [0.05, 0.1) is 10.8 Å². The van der Waals surface area contributed by atoms with E-state index in [1.807, 2.05) is 0 Å². The second-order valence-corrected chi connectivity index (χ2v) is 4.43. The van der Waals surface area contributed by atoms with Gasteiger partial charge in [-0.25, -0.2) is 0 Å². The molecule has 1 nitrogen and oxygen atoms in total. The first-order chi connectivity index (χ1) is 6.93. The predicted molar refractivity (Wildman–Crippen MR) is 52.8 cm³/mol. The molecule has 0 fully saturated rings. The van der Waals surface area contributed by atoms with E-state index in [1.54, 1.807) is 6.92 Å². The molecule has 1 atom stereocenters. The molecule has 0 amide bonds. The van der Waals surface area contributed by atoms with Gasteiger partial charge in [-0.05, 0) is 31.2 Å². The van der Waals surface area contributed by atoms with Gasteiger partial charge in [0.25, 0.3) is 0 Å². The summed E-state index contributed by atoms with van der Waals surface area (Å²) in [4.78, 5) is 11.0. The van der Waals surface area contributed by atoms with Crippen molar-refractivity contribution in [2.45, 2.75) is 23.2 Å². The summed E-state index contributed by atoms with van der Waals surface area (Å²) in [5, 5.41) is -0.248. The summed E-state index contributed by atoms with van der Waals surface area (Å²) < 4.78 is 36.6. The molecule has 0 heterocycles. The molecule has 0 saturated carbocycles. The van der Waals surface area contributed by atoms with Gasteiger partial charge in [-0.15, -0.1) is 11.8 Å². The van der Waals surface area contributed by atoms with Crippen LogP contribution in [0.15, 0.2) is 29.2 Å². The van der Waals surface area contributed by atoms with Crippen molar-refractivity contribution in [3.8, 4) is 0 Å². The van der Waals surface area contributed by atoms with Crippen molar-refractivity contribution in [1.82, 2.24) is 0 Å². The van der Waals surface area contributed by atoms with Crippen LogP contribution in [0.5, 0.6) is 0 Å². The largest absolute Gasteiger partial charge is 0.416 e. The zero-order valence-corrected chi connectivity index (χ0v) is 8.73. The van der Waals surface area contributed by atoms with Gasteiger partial charge in [0.15, 0.2) is 0 Å². The quantitative estimate of drug-likeness (QED) is 0.589. The minimum Gasteiger partial charge on any atom is -0.302 e. The highest BCUT2D eigenvalue weighted by Gasteiger charge is 2.29. The monoisotopic (exact) mass is 234 g/mol. The molecule has 0 aliphatic carbocycles. The van der Waals surface area contributed by atoms with Gasteiger partial charge in [0, 0.05) is 4.90 Å². The molecule has 1 rings (SSSR count). The van der Waals surface area contributed by atoms with Crippen molar-refractivity contribution < 1.29 is 18.0 Å². The summed E-state index contributed by atoms with van der Waals surface area (Å²) in [6.45, 7) is 1.69. The molecule has 1 unspecified atom stereocenters. The fraction of sp³-hybridized carbons (Fsp3) is 0.300. The maximum Gasteiger partial charge on any atom is 0.416 e. The van der Waals surface area contributed by atoms with Gasteiger partial charge in [-0.1, -0.05) is 0 Å². The number of alkyl halides is 3. The molecule has 1 aromatic carbocycles. The number of thioether (sulfide) groups is 1. The number of carbonyl (C=O) groups excluding carboxylic acids is 1. The molecule has 1 aromatic rings. The smallest absolute Gasteiger partial charge is 0.302 e. The van der Waals surface area contributed by atoms with Crippen LogP contribution in [0, 0.1) is 0 Å². The summed E-state index contributed by atoms with van der Waals surface area (Å²) in [7, 11) is 0. The van der Waals surface area contributed by atoms with E-state index in [-0.39, 0.29) is 5.25 Å². The van der Waals surface area contributed by atoms with E-state index in [9.17, 15) is 18.0 Å². The zero-order valence-electron chi connectivity index (χ0n) is 7.91. The number of rotatable bonds is 3. The molecular formula is C10H9F3OS. The summed E-state index contributed by atoms with van der Waals surface area (Å²) in [6.07, 6.45) is -3.55. The first-order valence-electron chi connectivity index (χ1n) is 4.22. The van der Waals surface area contributed by atoms with Crippen molar-refractivity contribution in [2.75, 3.05) is 0 Å². The highest BCUT2D eigenvalue weighted by Crippen LogP contribution is 2.31. The van der Waals surface area contributed by atoms with Crippen molar-refractivity contribution in [3.63, 3.8) is 0 Å². The van der Waals surface area contributed by atoms with Gasteiger partial charge in [-0.2, -0.15) is 13.2 Å². The number of aldehydes is 1. The Hall–Kier alpha value is -0.970. The Balaban J connectivity index is 2.77. The number of hydrogen-bond donors (Lipinski definition) is 0. The van der Waals surface area contributed by atoms with Gasteiger partial charge in [0.1, 0.15) is 6.29 Å². The second kappa shape index (κ2) is 4.70. The van der Waals surface area contributed by atoms with Gasteiger partial charge >= 0.3 is 6.18 Å². The van der Waals surface area contributed by atoms with E-state index in [0.717, 1.165) is 18.4 Å². The van der Waals surface area contributed by atoms with Crippen molar-refractivity contribution in [1.29, 1.82) is 0 Å².